The molecule has 1 N–H and O–H groups in total. The molecule has 0 saturated carbocycles. The molecule has 0 aliphatic heterocycles. The zero-order valence-electron chi connectivity index (χ0n) is 16.2. The van der Waals surface area contributed by atoms with Gasteiger partial charge in [-0.05, 0) is 25.5 Å². The number of benzene rings is 1. The first kappa shape index (κ1) is 17.9. The minimum Gasteiger partial charge on any atom is -0.350 e. The van der Waals surface area contributed by atoms with Gasteiger partial charge in [-0.3, -0.25) is 9.48 Å². The SMILES string of the molecule is Cc1cnn(CC(=O)NCc2cnc(C)nc2-c2cn(C)c3ccccc23)c1. The van der Waals surface area contributed by atoms with Crippen molar-refractivity contribution in [2.24, 2.45) is 7.05 Å². The van der Waals surface area contributed by atoms with Gasteiger partial charge in [0.25, 0.3) is 0 Å². The second-order valence-electron chi connectivity index (χ2n) is 6.95. The molecule has 3 heterocycles. The largest absolute Gasteiger partial charge is 0.350 e. The molecule has 0 aliphatic carbocycles. The number of carbonyl (C=O) groups is 1. The summed E-state index contributed by atoms with van der Waals surface area (Å²) in [6.45, 7) is 4.36. The first-order valence-electron chi connectivity index (χ1n) is 9.14. The standard InChI is InChI=1S/C21H22N6O/c1-14-8-24-27(11-14)13-20(28)23-10-16-9-22-15(2)25-21(16)18-12-26(3)19-7-5-4-6-17(18)19/h4-9,11-12H,10,13H2,1-3H3,(H,23,28). The Labute approximate surface area is 163 Å². The third-order valence-corrected chi connectivity index (χ3v) is 4.68. The fourth-order valence-electron chi connectivity index (χ4n) is 3.34. The average molecular weight is 374 g/mol. The molecule has 1 amide bonds. The zero-order valence-corrected chi connectivity index (χ0v) is 16.2. The Morgan fingerprint density at radius 1 is 1.14 bits per heavy atom. The lowest BCUT2D eigenvalue weighted by Crippen LogP contribution is -2.27. The van der Waals surface area contributed by atoms with Crippen molar-refractivity contribution in [3.63, 3.8) is 0 Å². The van der Waals surface area contributed by atoms with Crippen molar-refractivity contribution in [1.29, 1.82) is 0 Å². The number of nitrogens with zero attached hydrogens (tertiary/aromatic N) is 5. The molecule has 4 aromatic rings. The summed E-state index contributed by atoms with van der Waals surface area (Å²) in [7, 11) is 2.02. The Morgan fingerprint density at radius 2 is 1.96 bits per heavy atom. The van der Waals surface area contributed by atoms with Gasteiger partial charge in [-0.15, -0.1) is 0 Å². The fraction of sp³-hybridized carbons (Fsp3) is 0.238. The van der Waals surface area contributed by atoms with Crippen LogP contribution >= 0.6 is 0 Å². The van der Waals surface area contributed by atoms with Gasteiger partial charge in [-0.1, -0.05) is 18.2 Å². The summed E-state index contributed by atoms with van der Waals surface area (Å²) in [5.41, 5.74) is 4.93. The van der Waals surface area contributed by atoms with Gasteiger partial charge >= 0.3 is 0 Å². The molecular formula is C21H22N6O. The van der Waals surface area contributed by atoms with Crippen molar-refractivity contribution in [2.75, 3.05) is 0 Å². The zero-order chi connectivity index (χ0) is 19.7. The van der Waals surface area contributed by atoms with E-state index in [-0.39, 0.29) is 12.5 Å². The molecule has 0 unspecified atom stereocenters. The van der Waals surface area contributed by atoms with Crippen molar-refractivity contribution in [1.82, 2.24) is 29.6 Å². The quantitative estimate of drug-likeness (QED) is 0.583. The summed E-state index contributed by atoms with van der Waals surface area (Å²) in [4.78, 5) is 21.3. The van der Waals surface area contributed by atoms with Crippen LogP contribution in [-0.4, -0.2) is 30.2 Å². The maximum Gasteiger partial charge on any atom is 0.241 e. The summed E-state index contributed by atoms with van der Waals surface area (Å²) in [6.07, 6.45) is 7.44. The molecule has 0 aliphatic rings. The Morgan fingerprint density at radius 3 is 2.75 bits per heavy atom. The lowest BCUT2D eigenvalue weighted by atomic mass is 10.1. The number of carbonyl (C=O) groups excluding carboxylic acids is 1. The van der Waals surface area contributed by atoms with Crippen molar-refractivity contribution < 1.29 is 4.79 Å². The van der Waals surface area contributed by atoms with Gasteiger partial charge in [0.15, 0.2) is 0 Å². The van der Waals surface area contributed by atoms with Crippen molar-refractivity contribution in [3.8, 4) is 11.3 Å². The van der Waals surface area contributed by atoms with Gasteiger partial charge in [0.1, 0.15) is 12.4 Å². The van der Waals surface area contributed by atoms with E-state index in [9.17, 15) is 4.79 Å². The fourth-order valence-corrected chi connectivity index (χ4v) is 3.34. The maximum absolute atomic E-state index is 12.3. The van der Waals surface area contributed by atoms with E-state index >= 15 is 0 Å². The van der Waals surface area contributed by atoms with Gasteiger partial charge in [0, 0.05) is 54.2 Å². The Kier molecular flexibility index (Phi) is 4.65. The molecule has 28 heavy (non-hydrogen) atoms. The molecule has 4 rings (SSSR count). The summed E-state index contributed by atoms with van der Waals surface area (Å²) < 4.78 is 3.71. The van der Waals surface area contributed by atoms with Crippen LogP contribution in [-0.2, 0) is 24.9 Å². The van der Waals surface area contributed by atoms with Crippen LogP contribution in [0.1, 0.15) is 17.0 Å². The van der Waals surface area contributed by atoms with Crippen LogP contribution in [0, 0.1) is 13.8 Å². The van der Waals surface area contributed by atoms with E-state index in [1.807, 2.05) is 39.2 Å². The van der Waals surface area contributed by atoms with Gasteiger partial charge in [-0.2, -0.15) is 5.10 Å². The van der Waals surface area contributed by atoms with Crippen LogP contribution in [0.3, 0.4) is 0 Å². The van der Waals surface area contributed by atoms with Crippen LogP contribution in [0.2, 0.25) is 0 Å². The summed E-state index contributed by atoms with van der Waals surface area (Å²) >= 11 is 0. The molecule has 7 heteroatoms. The Hall–Kier alpha value is -3.48. The predicted octanol–water partition coefficient (Wildman–Crippen LogP) is 2.77. The van der Waals surface area contributed by atoms with Gasteiger partial charge in [-0.25, -0.2) is 9.97 Å². The van der Waals surface area contributed by atoms with Crippen molar-refractivity contribution in [3.05, 3.63) is 66.0 Å². The molecule has 3 aromatic heterocycles. The monoisotopic (exact) mass is 374 g/mol. The Balaban J connectivity index is 1.61. The highest BCUT2D eigenvalue weighted by Gasteiger charge is 2.15. The maximum atomic E-state index is 12.3. The first-order valence-corrected chi connectivity index (χ1v) is 9.14. The molecular weight excluding hydrogens is 352 g/mol. The molecule has 0 radical (unpaired) electrons. The lowest BCUT2D eigenvalue weighted by molar-refractivity contribution is -0.122. The summed E-state index contributed by atoms with van der Waals surface area (Å²) in [6, 6.07) is 8.22. The van der Waals surface area contributed by atoms with Gasteiger partial charge in [0.2, 0.25) is 5.91 Å². The number of hydrogen-bond acceptors (Lipinski definition) is 4. The molecule has 0 saturated heterocycles. The smallest absolute Gasteiger partial charge is 0.241 e. The Bertz CT molecular complexity index is 1160. The van der Waals surface area contributed by atoms with E-state index in [1.54, 1.807) is 17.1 Å². The second-order valence-corrected chi connectivity index (χ2v) is 6.95. The summed E-state index contributed by atoms with van der Waals surface area (Å²) in [5.74, 6) is 0.595. The predicted molar refractivity (Wildman–Crippen MR) is 107 cm³/mol. The topological polar surface area (TPSA) is 77.6 Å². The second kappa shape index (κ2) is 7.26. The molecule has 7 nitrogen and oxygen atoms in total. The molecule has 0 fully saturated rings. The highest BCUT2D eigenvalue weighted by molar-refractivity contribution is 5.95. The number of amides is 1. The van der Waals surface area contributed by atoms with Crippen LogP contribution < -0.4 is 5.32 Å². The highest BCUT2D eigenvalue weighted by atomic mass is 16.2. The number of nitrogens with one attached hydrogen (secondary N) is 1. The van der Waals surface area contributed by atoms with Crippen LogP contribution in [0.5, 0.6) is 0 Å². The highest BCUT2D eigenvalue weighted by Crippen LogP contribution is 2.30. The molecule has 142 valence electrons. The van der Waals surface area contributed by atoms with E-state index in [0.717, 1.165) is 33.3 Å². The molecule has 0 bridgehead atoms. The number of hydrogen-bond donors (Lipinski definition) is 1. The van der Waals surface area contributed by atoms with E-state index < -0.39 is 0 Å². The summed E-state index contributed by atoms with van der Waals surface area (Å²) in [5, 5.41) is 8.23. The lowest BCUT2D eigenvalue weighted by Gasteiger charge is -2.10. The molecule has 0 atom stereocenters. The van der Waals surface area contributed by atoms with E-state index in [0.29, 0.717) is 12.4 Å². The van der Waals surface area contributed by atoms with Gasteiger partial charge < -0.3 is 9.88 Å². The number of para-hydroxylation sites is 1. The number of aromatic nitrogens is 5. The van der Waals surface area contributed by atoms with Crippen LogP contribution in [0.15, 0.2) is 49.1 Å². The molecule has 0 spiro atoms. The van der Waals surface area contributed by atoms with E-state index in [4.69, 9.17) is 0 Å². The van der Waals surface area contributed by atoms with Crippen LogP contribution in [0.4, 0.5) is 0 Å². The van der Waals surface area contributed by atoms with Crippen LogP contribution in [0.25, 0.3) is 22.2 Å². The van der Waals surface area contributed by atoms with E-state index in [2.05, 4.69) is 43.3 Å². The van der Waals surface area contributed by atoms with E-state index in [1.165, 1.54) is 0 Å². The third-order valence-electron chi connectivity index (χ3n) is 4.68. The molecule has 1 aromatic carbocycles. The number of aryl methyl sites for hydroxylation is 3. The first-order chi connectivity index (χ1) is 13.5. The number of fused-ring (bicyclic) bond motifs is 1. The van der Waals surface area contributed by atoms with Gasteiger partial charge in [0.05, 0.1) is 11.9 Å². The van der Waals surface area contributed by atoms with Crippen molar-refractivity contribution in [2.45, 2.75) is 26.9 Å². The average Bonchev–Trinajstić information content (AvgIpc) is 3.24. The normalized spacial score (nSPS) is 11.1. The number of rotatable bonds is 5. The van der Waals surface area contributed by atoms with Crippen molar-refractivity contribution >= 4 is 16.8 Å². The minimum atomic E-state index is -0.104. The minimum absolute atomic E-state index is 0.104. The third kappa shape index (κ3) is 3.51.